The van der Waals surface area contributed by atoms with Crippen molar-refractivity contribution in [2.24, 2.45) is 0 Å². The molecule has 1 fully saturated rings. The van der Waals surface area contributed by atoms with Gasteiger partial charge in [-0.2, -0.15) is 5.10 Å². The van der Waals surface area contributed by atoms with Crippen molar-refractivity contribution < 1.29 is 8.42 Å². The van der Waals surface area contributed by atoms with Crippen LogP contribution in [0.3, 0.4) is 0 Å². The molecule has 0 saturated carbocycles. The minimum atomic E-state index is -3.51. The maximum absolute atomic E-state index is 11.9. The number of aromatic nitrogens is 2. The number of piperidine rings is 1. The van der Waals surface area contributed by atoms with E-state index in [0.29, 0.717) is 0 Å². The standard InChI is InChI=1S/C9H14N4O2S/c14-16(15,9-2-1-5-11-12-9)13-8-3-6-10-7-4-8/h1-2,5,8,10,13H,3-4,6-7H2. The van der Waals surface area contributed by atoms with Crippen LogP contribution in [0.2, 0.25) is 0 Å². The number of sulfonamides is 1. The molecule has 0 spiro atoms. The highest BCUT2D eigenvalue weighted by Crippen LogP contribution is 2.08. The average molecular weight is 242 g/mol. The molecule has 1 aliphatic heterocycles. The summed E-state index contributed by atoms with van der Waals surface area (Å²) < 4.78 is 26.4. The minimum Gasteiger partial charge on any atom is -0.317 e. The summed E-state index contributed by atoms with van der Waals surface area (Å²) in [6.45, 7) is 1.68. The Labute approximate surface area is 94.5 Å². The largest absolute Gasteiger partial charge is 0.317 e. The van der Waals surface area contributed by atoms with Gasteiger partial charge in [-0.1, -0.05) is 0 Å². The van der Waals surface area contributed by atoms with Gasteiger partial charge in [0.1, 0.15) is 0 Å². The van der Waals surface area contributed by atoms with E-state index in [4.69, 9.17) is 0 Å². The summed E-state index contributed by atoms with van der Waals surface area (Å²) in [7, 11) is -3.51. The van der Waals surface area contributed by atoms with Gasteiger partial charge < -0.3 is 5.32 Å². The van der Waals surface area contributed by atoms with Gasteiger partial charge in [-0.05, 0) is 38.1 Å². The fourth-order valence-electron chi connectivity index (χ4n) is 1.65. The molecule has 2 N–H and O–H groups in total. The summed E-state index contributed by atoms with van der Waals surface area (Å²) >= 11 is 0. The molecule has 0 aromatic carbocycles. The van der Waals surface area contributed by atoms with Gasteiger partial charge >= 0.3 is 0 Å². The van der Waals surface area contributed by atoms with Gasteiger partial charge in [-0.15, -0.1) is 5.10 Å². The van der Waals surface area contributed by atoms with E-state index in [0.717, 1.165) is 25.9 Å². The van der Waals surface area contributed by atoms with Crippen molar-refractivity contribution in [2.75, 3.05) is 13.1 Å². The first-order chi connectivity index (χ1) is 7.68. The highest BCUT2D eigenvalue weighted by molar-refractivity contribution is 7.89. The molecule has 7 heteroatoms. The number of rotatable bonds is 3. The van der Waals surface area contributed by atoms with Gasteiger partial charge in [0.05, 0.1) is 0 Å². The van der Waals surface area contributed by atoms with Crippen LogP contribution >= 0.6 is 0 Å². The Morgan fingerprint density at radius 2 is 2.12 bits per heavy atom. The molecule has 16 heavy (non-hydrogen) atoms. The molecule has 2 heterocycles. The third-order valence-corrected chi connectivity index (χ3v) is 3.90. The third kappa shape index (κ3) is 2.75. The zero-order chi connectivity index (χ0) is 11.4. The van der Waals surface area contributed by atoms with Crippen molar-refractivity contribution in [3.8, 4) is 0 Å². The van der Waals surface area contributed by atoms with Crippen LogP contribution in [0.1, 0.15) is 12.8 Å². The SMILES string of the molecule is O=S(=O)(NC1CCNCC1)c1cccnn1. The van der Waals surface area contributed by atoms with Crippen LogP contribution in [0.4, 0.5) is 0 Å². The van der Waals surface area contributed by atoms with Crippen molar-refractivity contribution in [1.82, 2.24) is 20.2 Å². The summed E-state index contributed by atoms with van der Waals surface area (Å²) in [6.07, 6.45) is 3.06. The maximum atomic E-state index is 11.9. The third-order valence-electron chi connectivity index (χ3n) is 2.48. The quantitative estimate of drug-likeness (QED) is 0.747. The van der Waals surface area contributed by atoms with Gasteiger partial charge in [0.2, 0.25) is 0 Å². The van der Waals surface area contributed by atoms with Gasteiger partial charge in [0.25, 0.3) is 10.0 Å². The number of hydrogen-bond acceptors (Lipinski definition) is 5. The average Bonchev–Trinajstić information content (AvgIpc) is 2.31. The predicted octanol–water partition coefficient (Wildman–Crippen LogP) is -0.493. The zero-order valence-electron chi connectivity index (χ0n) is 8.76. The first-order valence-corrected chi connectivity index (χ1v) is 6.67. The fourth-order valence-corrected chi connectivity index (χ4v) is 2.86. The lowest BCUT2D eigenvalue weighted by molar-refractivity contribution is 0.426. The van der Waals surface area contributed by atoms with E-state index in [2.05, 4.69) is 20.2 Å². The van der Waals surface area contributed by atoms with Crippen molar-refractivity contribution in [3.05, 3.63) is 18.3 Å². The summed E-state index contributed by atoms with van der Waals surface area (Å²) in [5.41, 5.74) is 0. The van der Waals surface area contributed by atoms with Crippen molar-refractivity contribution in [3.63, 3.8) is 0 Å². The summed E-state index contributed by atoms with van der Waals surface area (Å²) in [5, 5.41) is 10.3. The molecule has 1 aromatic heterocycles. The molecular weight excluding hydrogens is 228 g/mol. The minimum absolute atomic E-state index is 0.00624. The van der Waals surface area contributed by atoms with Crippen LogP contribution in [-0.4, -0.2) is 37.7 Å². The van der Waals surface area contributed by atoms with Crippen molar-refractivity contribution in [2.45, 2.75) is 23.9 Å². The normalized spacial score (nSPS) is 18.5. The highest BCUT2D eigenvalue weighted by atomic mass is 32.2. The van der Waals surface area contributed by atoms with Crippen molar-refractivity contribution in [1.29, 1.82) is 0 Å². The van der Waals surface area contributed by atoms with E-state index in [-0.39, 0.29) is 11.1 Å². The first-order valence-electron chi connectivity index (χ1n) is 5.19. The summed E-state index contributed by atoms with van der Waals surface area (Å²) in [6, 6.07) is 2.99. The lowest BCUT2D eigenvalue weighted by Crippen LogP contribution is -2.42. The predicted molar refractivity (Wildman–Crippen MR) is 58.2 cm³/mol. The number of nitrogens with one attached hydrogen (secondary N) is 2. The Balaban J connectivity index is 2.08. The maximum Gasteiger partial charge on any atom is 0.260 e. The molecule has 1 aliphatic rings. The number of nitrogens with zero attached hydrogens (tertiary/aromatic N) is 2. The van der Waals surface area contributed by atoms with Crippen LogP contribution in [0, 0.1) is 0 Å². The van der Waals surface area contributed by atoms with Crippen LogP contribution < -0.4 is 10.0 Å². The Bertz CT molecular complexity index is 428. The lowest BCUT2D eigenvalue weighted by Gasteiger charge is -2.23. The summed E-state index contributed by atoms with van der Waals surface area (Å²) in [4.78, 5) is 0. The molecule has 0 atom stereocenters. The molecule has 1 saturated heterocycles. The topological polar surface area (TPSA) is 84.0 Å². The smallest absolute Gasteiger partial charge is 0.260 e. The van der Waals surface area contributed by atoms with E-state index in [1.807, 2.05) is 0 Å². The second kappa shape index (κ2) is 4.86. The lowest BCUT2D eigenvalue weighted by atomic mass is 10.1. The second-order valence-electron chi connectivity index (χ2n) is 3.71. The first kappa shape index (κ1) is 11.4. The number of hydrogen-bond donors (Lipinski definition) is 2. The Hall–Kier alpha value is -1.05. The van der Waals surface area contributed by atoms with Crippen LogP contribution in [0.25, 0.3) is 0 Å². The molecule has 0 amide bonds. The van der Waals surface area contributed by atoms with Gasteiger partial charge in [0, 0.05) is 12.2 Å². The van der Waals surface area contributed by atoms with E-state index in [9.17, 15) is 8.42 Å². The van der Waals surface area contributed by atoms with Crippen LogP contribution in [0.5, 0.6) is 0 Å². The highest BCUT2D eigenvalue weighted by Gasteiger charge is 2.22. The van der Waals surface area contributed by atoms with E-state index >= 15 is 0 Å². The Kier molecular flexibility index (Phi) is 3.47. The van der Waals surface area contributed by atoms with E-state index < -0.39 is 10.0 Å². The molecule has 0 aliphatic carbocycles. The van der Waals surface area contributed by atoms with Crippen LogP contribution in [0.15, 0.2) is 23.4 Å². The van der Waals surface area contributed by atoms with Crippen molar-refractivity contribution >= 4 is 10.0 Å². The zero-order valence-corrected chi connectivity index (χ0v) is 9.57. The van der Waals surface area contributed by atoms with E-state index in [1.165, 1.54) is 12.3 Å². The molecule has 1 aromatic rings. The molecule has 0 unspecified atom stereocenters. The molecule has 88 valence electrons. The van der Waals surface area contributed by atoms with Gasteiger partial charge in [-0.3, -0.25) is 0 Å². The van der Waals surface area contributed by atoms with Crippen LogP contribution in [-0.2, 0) is 10.0 Å². The summed E-state index contributed by atoms with van der Waals surface area (Å²) in [5.74, 6) is 0. The molecule has 2 rings (SSSR count). The monoisotopic (exact) mass is 242 g/mol. The van der Waals surface area contributed by atoms with Gasteiger partial charge in [-0.25, -0.2) is 13.1 Å². The fraction of sp³-hybridized carbons (Fsp3) is 0.556. The Morgan fingerprint density at radius 1 is 1.38 bits per heavy atom. The molecule has 0 bridgehead atoms. The molecule has 6 nitrogen and oxygen atoms in total. The molecular formula is C9H14N4O2S. The van der Waals surface area contributed by atoms with Gasteiger partial charge in [0.15, 0.2) is 5.03 Å². The second-order valence-corrected chi connectivity index (χ2v) is 5.37. The van der Waals surface area contributed by atoms with E-state index in [1.54, 1.807) is 6.07 Å². The Morgan fingerprint density at radius 3 is 2.75 bits per heavy atom. The molecule has 0 radical (unpaired) electrons.